The Balaban J connectivity index is 2.01. The molecule has 126 valence electrons. The van der Waals surface area contributed by atoms with Crippen molar-refractivity contribution in [2.24, 2.45) is 12.8 Å². The van der Waals surface area contributed by atoms with Gasteiger partial charge in [0.05, 0.1) is 20.5 Å². The van der Waals surface area contributed by atoms with E-state index in [4.69, 9.17) is 16.1 Å². The first kappa shape index (κ1) is 17.2. The van der Waals surface area contributed by atoms with Crippen molar-refractivity contribution >= 4 is 40.3 Å². The van der Waals surface area contributed by atoms with Gasteiger partial charge >= 0.3 is 0 Å². The van der Waals surface area contributed by atoms with E-state index in [1.807, 2.05) is 30.2 Å². The summed E-state index contributed by atoms with van der Waals surface area (Å²) in [7, 11) is 1.94. The Labute approximate surface area is 153 Å². The Bertz CT molecular complexity index is 874. The summed E-state index contributed by atoms with van der Waals surface area (Å²) in [5, 5.41) is 15.3. The van der Waals surface area contributed by atoms with Crippen LogP contribution < -0.4 is 5.73 Å². The maximum atomic E-state index is 7.65. The van der Waals surface area contributed by atoms with Gasteiger partial charge in [0.2, 0.25) is 0 Å². The number of nitrogens with two attached hydrogens (primary N) is 1. The second-order valence-electron chi connectivity index (χ2n) is 5.38. The quantitative estimate of drug-likeness (QED) is 0.383. The zero-order valence-corrected chi connectivity index (χ0v) is 16.2. The van der Waals surface area contributed by atoms with Crippen molar-refractivity contribution in [3.8, 4) is 21.8 Å². The summed E-state index contributed by atoms with van der Waals surface area (Å²) in [6.07, 6.45) is 6.08. The average Bonchev–Trinajstić information content (AvgIpc) is 3.24. The Kier molecular flexibility index (Phi) is 5.07. The number of thiazole rings is 1. The first-order chi connectivity index (χ1) is 11.5. The summed E-state index contributed by atoms with van der Waals surface area (Å²) in [6, 6.07) is 1.97. The molecule has 24 heavy (non-hydrogen) atoms. The van der Waals surface area contributed by atoms with Gasteiger partial charge in [0.25, 0.3) is 0 Å². The predicted molar refractivity (Wildman–Crippen MR) is 104 cm³/mol. The molecular weight excluding hydrogens is 358 g/mol. The van der Waals surface area contributed by atoms with E-state index in [0.717, 1.165) is 49.5 Å². The third-order valence-corrected chi connectivity index (χ3v) is 6.73. The normalized spacial score (nSPS) is 11.1. The highest BCUT2D eigenvalue weighted by Crippen LogP contribution is 2.40. The van der Waals surface area contributed by atoms with Crippen LogP contribution in [0.3, 0.4) is 0 Å². The van der Waals surface area contributed by atoms with Crippen molar-refractivity contribution < 1.29 is 0 Å². The molecule has 0 aromatic carbocycles. The minimum Gasteiger partial charge on any atom is -0.383 e. The molecule has 0 atom stereocenters. The van der Waals surface area contributed by atoms with Gasteiger partial charge in [-0.15, -0.1) is 34.4 Å². The Morgan fingerprint density at radius 1 is 1.42 bits per heavy atom. The molecule has 0 aliphatic heterocycles. The van der Waals surface area contributed by atoms with Crippen molar-refractivity contribution in [2.75, 3.05) is 6.26 Å². The molecule has 0 bridgehead atoms. The summed E-state index contributed by atoms with van der Waals surface area (Å²) >= 11 is 4.83. The van der Waals surface area contributed by atoms with E-state index < -0.39 is 0 Å². The molecule has 0 fully saturated rings. The highest BCUT2D eigenvalue weighted by molar-refractivity contribution is 8.00. The van der Waals surface area contributed by atoms with Crippen molar-refractivity contribution in [2.45, 2.75) is 24.0 Å². The summed E-state index contributed by atoms with van der Waals surface area (Å²) in [5.41, 5.74) is 9.87. The third-order valence-electron chi connectivity index (χ3n) is 3.55. The van der Waals surface area contributed by atoms with E-state index in [9.17, 15) is 0 Å². The average molecular weight is 378 g/mol. The molecule has 0 spiro atoms. The molecule has 0 aliphatic rings. The summed E-state index contributed by atoms with van der Waals surface area (Å²) < 4.78 is 2.99. The molecule has 3 heterocycles. The van der Waals surface area contributed by atoms with Gasteiger partial charge in [0.15, 0.2) is 0 Å². The number of rotatable bonds is 6. The molecule has 0 amide bonds. The molecule has 5 nitrogen and oxygen atoms in total. The van der Waals surface area contributed by atoms with Gasteiger partial charge in [0.1, 0.15) is 10.8 Å². The number of thioether (sulfide) groups is 1. The Morgan fingerprint density at radius 2 is 2.21 bits per heavy atom. The number of nitrogen functional groups attached to an aromatic ring is 1. The standard InChI is InChI=1S/C16H19N5S3/c1-4-5-11-10(7-21(2)20-11)12-8-23-15(19-12)9-6-13(14(17)18)24-16(9)22-3/h6-8H,4-5H2,1-3H3,(H3,17,18). The number of aromatic nitrogens is 3. The third kappa shape index (κ3) is 3.26. The fraction of sp³-hybridized carbons (Fsp3) is 0.312. The lowest BCUT2D eigenvalue weighted by Gasteiger charge is -1.97. The smallest absolute Gasteiger partial charge is 0.133 e. The van der Waals surface area contributed by atoms with Crippen molar-refractivity contribution in [1.29, 1.82) is 5.41 Å². The zero-order valence-electron chi connectivity index (χ0n) is 13.8. The lowest BCUT2D eigenvalue weighted by molar-refractivity contribution is 0.733. The fourth-order valence-corrected chi connectivity index (χ4v) is 5.20. The number of nitrogens with zero attached hydrogens (tertiary/aromatic N) is 3. The second-order valence-corrected chi connectivity index (χ2v) is 8.37. The summed E-state index contributed by atoms with van der Waals surface area (Å²) in [5.74, 6) is 0.107. The van der Waals surface area contributed by atoms with Gasteiger partial charge in [-0.2, -0.15) is 5.10 Å². The van der Waals surface area contributed by atoms with Crippen molar-refractivity contribution in [1.82, 2.24) is 14.8 Å². The largest absolute Gasteiger partial charge is 0.383 e. The molecule has 0 unspecified atom stereocenters. The topological polar surface area (TPSA) is 80.6 Å². The molecule has 3 aromatic rings. The number of hydrogen-bond acceptors (Lipinski definition) is 6. The van der Waals surface area contributed by atoms with E-state index in [1.165, 1.54) is 0 Å². The maximum absolute atomic E-state index is 7.65. The first-order valence-corrected chi connectivity index (χ1v) is 10.5. The van der Waals surface area contributed by atoms with Crippen LogP contribution >= 0.6 is 34.4 Å². The molecule has 3 rings (SSSR count). The minimum atomic E-state index is 0.107. The van der Waals surface area contributed by atoms with Crippen LogP contribution in [0.25, 0.3) is 21.8 Å². The maximum Gasteiger partial charge on any atom is 0.133 e. The highest BCUT2D eigenvalue weighted by atomic mass is 32.2. The first-order valence-electron chi connectivity index (χ1n) is 7.54. The number of nitrogens with one attached hydrogen (secondary N) is 1. The molecule has 0 saturated heterocycles. The van der Waals surface area contributed by atoms with Crippen LogP contribution in [-0.2, 0) is 13.5 Å². The Morgan fingerprint density at radius 3 is 2.88 bits per heavy atom. The number of thiophene rings is 1. The van der Waals surface area contributed by atoms with Gasteiger partial charge in [-0.1, -0.05) is 13.3 Å². The molecule has 0 aliphatic carbocycles. The molecule has 0 radical (unpaired) electrons. The van der Waals surface area contributed by atoms with Gasteiger partial charge in [-0.25, -0.2) is 4.98 Å². The van der Waals surface area contributed by atoms with E-state index in [-0.39, 0.29) is 5.84 Å². The van der Waals surface area contributed by atoms with Crippen molar-refractivity contribution in [3.05, 3.63) is 28.2 Å². The number of aryl methyl sites for hydroxylation is 2. The van der Waals surface area contributed by atoms with Gasteiger partial charge in [-0.3, -0.25) is 10.1 Å². The molecule has 8 heteroatoms. The Hall–Kier alpha value is -1.64. The molecule has 3 N–H and O–H groups in total. The van der Waals surface area contributed by atoms with Crippen LogP contribution in [0.15, 0.2) is 21.9 Å². The van der Waals surface area contributed by atoms with Crippen LogP contribution in [-0.4, -0.2) is 26.9 Å². The zero-order chi connectivity index (χ0) is 17.3. The van der Waals surface area contributed by atoms with Gasteiger partial charge in [0, 0.05) is 29.8 Å². The summed E-state index contributed by atoms with van der Waals surface area (Å²) in [6.45, 7) is 2.16. The number of hydrogen-bond donors (Lipinski definition) is 2. The predicted octanol–water partition coefficient (Wildman–Crippen LogP) is 4.23. The number of amidine groups is 1. The molecular formula is C16H19N5S3. The highest BCUT2D eigenvalue weighted by Gasteiger charge is 2.17. The second kappa shape index (κ2) is 7.08. The lowest BCUT2D eigenvalue weighted by atomic mass is 10.1. The van der Waals surface area contributed by atoms with Gasteiger partial charge in [-0.05, 0) is 18.7 Å². The van der Waals surface area contributed by atoms with Crippen LogP contribution in [0.1, 0.15) is 23.9 Å². The summed E-state index contributed by atoms with van der Waals surface area (Å²) in [4.78, 5) is 5.63. The van der Waals surface area contributed by atoms with Crippen molar-refractivity contribution in [3.63, 3.8) is 0 Å². The van der Waals surface area contributed by atoms with Gasteiger partial charge < -0.3 is 5.73 Å². The monoisotopic (exact) mass is 377 g/mol. The van der Waals surface area contributed by atoms with E-state index in [2.05, 4.69) is 17.4 Å². The molecule has 0 saturated carbocycles. The lowest BCUT2D eigenvalue weighted by Crippen LogP contribution is -2.08. The van der Waals surface area contributed by atoms with Crippen LogP contribution in [0.5, 0.6) is 0 Å². The fourth-order valence-electron chi connectivity index (χ4n) is 2.50. The minimum absolute atomic E-state index is 0.107. The van der Waals surface area contributed by atoms with E-state index >= 15 is 0 Å². The SMILES string of the molecule is CCCc1nn(C)cc1-c1csc(-c2cc(C(=N)N)sc2SC)n1. The molecule has 3 aromatic heterocycles. The van der Waals surface area contributed by atoms with E-state index in [1.54, 1.807) is 34.4 Å². The van der Waals surface area contributed by atoms with Crippen LogP contribution in [0.2, 0.25) is 0 Å². The van der Waals surface area contributed by atoms with Crippen LogP contribution in [0, 0.1) is 5.41 Å². The van der Waals surface area contributed by atoms with E-state index in [0.29, 0.717) is 0 Å². The van der Waals surface area contributed by atoms with Crippen LogP contribution in [0.4, 0.5) is 0 Å².